The fourth-order valence-corrected chi connectivity index (χ4v) is 1.56. The van der Waals surface area contributed by atoms with Gasteiger partial charge >= 0.3 is 0 Å². The van der Waals surface area contributed by atoms with Gasteiger partial charge in [-0.2, -0.15) is 0 Å². The Hall–Kier alpha value is -0.650. The average Bonchev–Trinajstić information content (AvgIpc) is 2.36. The fourth-order valence-electron chi connectivity index (χ4n) is 1.56. The van der Waals surface area contributed by atoms with Gasteiger partial charge in [0.15, 0.2) is 0 Å². The Kier molecular flexibility index (Phi) is 11.0. The number of carbonyl (C=O) groups is 1. The molecule has 0 heterocycles. The highest BCUT2D eigenvalue weighted by Gasteiger charge is 2.10. The summed E-state index contributed by atoms with van der Waals surface area (Å²) in [5.74, 6) is 0.0686. The second-order valence-electron chi connectivity index (χ2n) is 4.28. The highest BCUT2D eigenvalue weighted by Crippen LogP contribution is 1.91. The number of aliphatic hydroxyl groups excluding tert-OH is 1. The number of hydrogen-bond acceptors (Lipinski definition) is 4. The van der Waals surface area contributed by atoms with Crippen LogP contribution in [0, 0.1) is 0 Å². The van der Waals surface area contributed by atoms with Crippen molar-refractivity contribution in [3.63, 3.8) is 0 Å². The molecule has 5 nitrogen and oxygen atoms in total. The Morgan fingerprint density at radius 2 is 2.00 bits per heavy atom. The molecule has 0 saturated heterocycles. The summed E-state index contributed by atoms with van der Waals surface area (Å²) in [4.78, 5) is 13.4. The van der Waals surface area contributed by atoms with Crippen molar-refractivity contribution in [2.24, 2.45) is 0 Å². The van der Waals surface area contributed by atoms with Gasteiger partial charge < -0.3 is 20.1 Å². The van der Waals surface area contributed by atoms with Crippen molar-refractivity contribution in [3.05, 3.63) is 0 Å². The summed E-state index contributed by atoms with van der Waals surface area (Å²) < 4.78 is 5.30. The van der Waals surface area contributed by atoms with Crippen molar-refractivity contribution < 1.29 is 14.6 Å². The minimum absolute atomic E-state index is 0.0686. The summed E-state index contributed by atoms with van der Waals surface area (Å²) in [6, 6.07) is 0. The van der Waals surface area contributed by atoms with Crippen molar-refractivity contribution in [1.82, 2.24) is 10.2 Å². The van der Waals surface area contributed by atoms with Gasteiger partial charge in [0.2, 0.25) is 5.91 Å². The molecule has 0 rings (SSSR count). The van der Waals surface area contributed by atoms with Gasteiger partial charge in [-0.05, 0) is 20.3 Å². The summed E-state index contributed by atoms with van der Waals surface area (Å²) in [5, 5.41) is 12.6. The number of hydrogen-bond donors (Lipinski definition) is 2. The van der Waals surface area contributed by atoms with Crippen LogP contribution in [0.1, 0.15) is 33.6 Å². The second kappa shape index (κ2) is 11.4. The van der Waals surface area contributed by atoms with E-state index in [1.54, 1.807) is 4.90 Å². The van der Waals surface area contributed by atoms with E-state index in [-0.39, 0.29) is 12.5 Å². The molecule has 1 unspecified atom stereocenters. The monoisotopic (exact) mass is 260 g/mol. The zero-order chi connectivity index (χ0) is 13.8. The predicted octanol–water partition coefficient (Wildman–Crippen LogP) is 0.622. The Morgan fingerprint density at radius 3 is 2.56 bits per heavy atom. The lowest BCUT2D eigenvalue weighted by Crippen LogP contribution is -2.40. The molecule has 5 heteroatoms. The summed E-state index contributed by atoms with van der Waals surface area (Å²) in [6.07, 6.45) is 1.55. The molecule has 2 N–H and O–H groups in total. The van der Waals surface area contributed by atoms with Crippen LogP contribution in [-0.2, 0) is 9.53 Å². The van der Waals surface area contributed by atoms with Crippen LogP contribution in [0.5, 0.6) is 0 Å². The van der Waals surface area contributed by atoms with Crippen molar-refractivity contribution in [3.8, 4) is 0 Å². The molecular weight excluding hydrogens is 232 g/mol. The van der Waals surface area contributed by atoms with E-state index in [2.05, 4.69) is 12.2 Å². The lowest BCUT2D eigenvalue weighted by Gasteiger charge is -2.19. The molecule has 108 valence electrons. The molecule has 0 aliphatic heterocycles. The van der Waals surface area contributed by atoms with Crippen molar-refractivity contribution in [2.75, 3.05) is 39.4 Å². The van der Waals surface area contributed by atoms with E-state index in [0.717, 1.165) is 25.9 Å². The maximum Gasteiger partial charge on any atom is 0.236 e. The van der Waals surface area contributed by atoms with Gasteiger partial charge in [0.1, 0.15) is 0 Å². The van der Waals surface area contributed by atoms with E-state index in [1.165, 1.54) is 0 Å². The molecule has 0 spiro atoms. The molecule has 0 bridgehead atoms. The van der Waals surface area contributed by atoms with Crippen LogP contribution in [0.25, 0.3) is 0 Å². The van der Waals surface area contributed by atoms with E-state index in [9.17, 15) is 9.90 Å². The van der Waals surface area contributed by atoms with Crippen LogP contribution in [0.3, 0.4) is 0 Å². The van der Waals surface area contributed by atoms with Crippen molar-refractivity contribution in [1.29, 1.82) is 0 Å². The van der Waals surface area contributed by atoms with E-state index in [1.807, 2.05) is 13.8 Å². The number of ether oxygens (including phenoxy) is 1. The van der Waals surface area contributed by atoms with Crippen LogP contribution in [-0.4, -0.2) is 61.4 Å². The first-order chi connectivity index (χ1) is 8.65. The van der Waals surface area contributed by atoms with E-state index < -0.39 is 6.10 Å². The largest absolute Gasteiger partial charge is 0.389 e. The molecule has 0 aromatic heterocycles. The van der Waals surface area contributed by atoms with E-state index >= 15 is 0 Å². The minimum atomic E-state index is -0.550. The topological polar surface area (TPSA) is 61.8 Å². The smallest absolute Gasteiger partial charge is 0.236 e. The van der Waals surface area contributed by atoms with Crippen LogP contribution < -0.4 is 5.32 Å². The number of unbranched alkanes of at least 4 members (excludes halogenated alkanes) is 1. The van der Waals surface area contributed by atoms with Crippen LogP contribution in [0.4, 0.5) is 0 Å². The third-order valence-electron chi connectivity index (χ3n) is 2.72. The SMILES string of the molecule is CCCCOCC(O)CNCC(=O)N(CC)CC. The lowest BCUT2D eigenvalue weighted by molar-refractivity contribution is -0.129. The average molecular weight is 260 g/mol. The zero-order valence-corrected chi connectivity index (χ0v) is 11.9. The van der Waals surface area contributed by atoms with Gasteiger partial charge in [-0.3, -0.25) is 4.79 Å². The molecule has 0 fully saturated rings. The zero-order valence-electron chi connectivity index (χ0n) is 11.9. The standard InChI is InChI=1S/C13H28N2O3/c1-4-7-8-18-11-12(16)9-14-10-13(17)15(5-2)6-3/h12,14,16H,4-11H2,1-3H3. The molecule has 0 aromatic carbocycles. The van der Waals surface area contributed by atoms with Crippen molar-refractivity contribution in [2.45, 2.75) is 39.7 Å². The highest BCUT2D eigenvalue weighted by molar-refractivity contribution is 5.78. The highest BCUT2D eigenvalue weighted by atomic mass is 16.5. The maximum atomic E-state index is 11.6. The van der Waals surface area contributed by atoms with Gasteiger partial charge in [0, 0.05) is 26.2 Å². The molecule has 0 aliphatic rings. The number of aliphatic hydroxyl groups is 1. The number of likely N-dealkylation sites (N-methyl/N-ethyl adjacent to an activating group) is 1. The first kappa shape index (κ1) is 17.4. The lowest BCUT2D eigenvalue weighted by atomic mass is 10.3. The third-order valence-corrected chi connectivity index (χ3v) is 2.72. The molecule has 18 heavy (non-hydrogen) atoms. The normalized spacial score (nSPS) is 12.4. The Labute approximate surface area is 110 Å². The van der Waals surface area contributed by atoms with Gasteiger partial charge in [0.25, 0.3) is 0 Å². The van der Waals surface area contributed by atoms with Gasteiger partial charge in [0.05, 0.1) is 19.3 Å². The van der Waals surface area contributed by atoms with E-state index in [4.69, 9.17) is 4.74 Å². The predicted molar refractivity (Wildman–Crippen MR) is 72.5 cm³/mol. The summed E-state index contributed by atoms with van der Waals surface area (Å²) in [6.45, 7) is 9.13. The first-order valence-electron chi connectivity index (χ1n) is 6.89. The molecule has 0 saturated carbocycles. The molecule has 0 radical (unpaired) electrons. The van der Waals surface area contributed by atoms with Gasteiger partial charge in [-0.1, -0.05) is 13.3 Å². The van der Waals surface area contributed by atoms with Crippen LogP contribution in [0.15, 0.2) is 0 Å². The van der Waals surface area contributed by atoms with Gasteiger partial charge in [-0.25, -0.2) is 0 Å². The number of rotatable bonds is 11. The Balaban J connectivity index is 3.55. The molecule has 1 atom stereocenters. The van der Waals surface area contributed by atoms with E-state index in [0.29, 0.717) is 19.8 Å². The fraction of sp³-hybridized carbons (Fsp3) is 0.923. The molecule has 0 aromatic rings. The Bertz CT molecular complexity index is 208. The van der Waals surface area contributed by atoms with Crippen LogP contribution in [0.2, 0.25) is 0 Å². The number of carbonyl (C=O) groups excluding carboxylic acids is 1. The van der Waals surface area contributed by atoms with Gasteiger partial charge in [-0.15, -0.1) is 0 Å². The maximum absolute atomic E-state index is 11.6. The summed E-state index contributed by atoms with van der Waals surface area (Å²) in [7, 11) is 0. The minimum Gasteiger partial charge on any atom is -0.389 e. The van der Waals surface area contributed by atoms with Crippen LogP contribution >= 0.6 is 0 Å². The number of amides is 1. The summed E-state index contributed by atoms with van der Waals surface area (Å²) >= 11 is 0. The molecule has 0 aliphatic carbocycles. The number of nitrogens with one attached hydrogen (secondary N) is 1. The second-order valence-corrected chi connectivity index (χ2v) is 4.28. The Morgan fingerprint density at radius 1 is 1.33 bits per heavy atom. The quantitative estimate of drug-likeness (QED) is 0.535. The molecular formula is C13H28N2O3. The molecule has 1 amide bonds. The number of nitrogens with zero attached hydrogens (tertiary/aromatic N) is 1. The third kappa shape index (κ3) is 8.44. The summed E-state index contributed by atoms with van der Waals surface area (Å²) in [5.41, 5.74) is 0. The van der Waals surface area contributed by atoms with Crippen molar-refractivity contribution >= 4 is 5.91 Å². The first-order valence-corrected chi connectivity index (χ1v) is 6.89.